The van der Waals surface area contributed by atoms with Crippen molar-refractivity contribution in [3.05, 3.63) is 104 Å². The van der Waals surface area contributed by atoms with Crippen LogP contribution in [-0.2, 0) is 35.5 Å². The lowest BCUT2D eigenvalue weighted by Gasteiger charge is -2.30. The van der Waals surface area contributed by atoms with Gasteiger partial charge in [-0.1, -0.05) is 88.4 Å². The Bertz CT molecular complexity index is 1900. The van der Waals surface area contributed by atoms with Gasteiger partial charge in [-0.3, -0.25) is 15.2 Å². The van der Waals surface area contributed by atoms with Crippen molar-refractivity contribution in [1.29, 1.82) is 5.41 Å². The smallest absolute Gasteiger partial charge is 0.407 e. The van der Waals surface area contributed by atoms with Crippen LogP contribution in [0.1, 0.15) is 66.7 Å². The van der Waals surface area contributed by atoms with E-state index in [9.17, 15) is 19.5 Å². The van der Waals surface area contributed by atoms with Crippen molar-refractivity contribution in [2.45, 2.75) is 90.3 Å². The number of nitrogens with one attached hydrogen (secondary N) is 4. The predicted octanol–water partition coefficient (Wildman–Crippen LogP) is 4.66. The highest BCUT2D eigenvalue weighted by atomic mass is 32.1. The molecule has 4 atom stereocenters. The van der Waals surface area contributed by atoms with Gasteiger partial charge in [-0.25, -0.2) is 14.6 Å². The number of ether oxygens (including phenoxy) is 1. The van der Waals surface area contributed by atoms with Crippen LogP contribution in [0.2, 0.25) is 0 Å². The number of carbonyl (C=O) groups excluding carboxylic acids is 3. The Morgan fingerprint density at radius 2 is 1.54 bits per heavy atom. The Hall–Kier alpha value is -5.59. The van der Waals surface area contributed by atoms with E-state index in [0.29, 0.717) is 25.3 Å². The second kappa shape index (κ2) is 24.4. The Labute approximate surface area is 355 Å². The highest BCUT2D eigenvalue weighted by Gasteiger charge is 2.31. The molecule has 18 heteroatoms. The molecule has 320 valence electrons. The molecule has 0 bridgehead atoms. The molecule has 0 spiro atoms. The van der Waals surface area contributed by atoms with Crippen molar-refractivity contribution in [2.24, 2.45) is 22.4 Å². The van der Waals surface area contributed by atoms with Gasteiger partial charge in [0.15, 0.2) is 5.96 Å². The molecule has 4 aromatic rings. The summed E-state index contributed by atoms with van der Waals surface area (Å²) in [5.41, 5.74) is 14.3. The number of thiazole rings is 2. The van der Waals surface area contributed by atoms with E-state index in [0.717, 1.165) is 26.7 Å². The van der Waals surface area contributed by atoms with E-state index in [-0.39, 0.29) is 42.8 Å². The predicted molar refractivity (Wildman–Crippen MR) is 234 cm³/mol. The topological polar surface area (TPSA) is 237 Å². The van der Waals surface area contributed by atoms with E-state index in [1.54, 1.807) is 44.2 Å². The zero-order valence-electron chi connectivity index (χ0n) is 34.8. The highest BCUT2D eigenvalue weighted by Crippen LogP contribution is 2.20. The molecule has 0 aliphatic rings. The number of carbonyl (C=O) groups is 3. The molecular formula is C41H59N11O5S2. The Morgan fingerprint density at radius 3 is 2.05 bits per heavy atom. The van der Waals surface area contributed by atoms with Crippen LogP contribution < -0.4 is 27.4 Å². The molecule has 0 aliphatic carbocycles. The van der Waals surface area contributed by atoms with Crippen LogP contribution in [-0.4, -0.2) is 100 Å². The molecule has 59 heavy (non-hydrogen) atoms. The number of guanidine groups is 2. The van der Waals surface area contributed by atoms with Gasteiger partial charge in [-0.2, -0.15) is 4.99 Å². The molecule has 0 unspecified atom stereocenters. The molecule has 0 saturated carbocycles. The normalized spacial score (nSPS) is 12.8. The Balaban J connectivity index is 0.000000922. The third-order valence-corrected chi connectivity index (χ3v) is 10.7. The summed E-state index contributed by atoms with van der Waals surface area (Å²) < 4.78 is 5.42. The van der Waals surface area contributed by atoms with Crippen molar-refractivity contribution in [1.82, 2.24) is 35.7 Å². The quantitative estimate of drug-likeness (QED) is 0.0573. The first kappa shape index (κ1) is 47.8. The number of aliphatic imine (C=N–C) groups is 1. The number of urea groups is 1. The fraction of sp³-hybridized carbons (Fsp3) is 0.439. The molecule has 16 nitrogen and oxygen atoms in total. The third kappa shape index (κ3) is 17.4. The van der Waals surface area contributed by atoms with Gasteiger partial charge in [-0.05, 0) is 36.3 Å². The summed E-state index contributed by atoms with van der Waals surface area (Å²) in [7, 11) is 5.05. The fourth-order valence-electron chi connectivity index (χ4n) is 5.61. The summed E-state index contributed by atoms with van der Waals surface area (Å²) in [5, 5.41) is 30.5. The number of aromatic nitrogens is 2. The molecule has 9 N–H and O–H groups in total. The maximum absolute atomic E-state index is 13.9. The maximum Gasteiger partial charge on any atom is 0.407 e. The van der Waals surface area contributed by atoms with Gasteiger partial charge in [0.25, 0.3) is 0 Å². The lowest BCUT2D eigenvalue weighted by molar-refractivity contribution is -0.124. The van der Waals surface area contributed by atoms with Crippen molar-refractivity contribution >= 4 is 52.6 Å². The highest BCUT2D eigenvalue weighted by molar-refractivity contribution is 7.09. The molecule has 2 aromatic heterocycles. The second-order valence-corrected chi connectivity index (χ2v) is 16.7. The summed E-state index contributed by atoms with van der Waals surface area (Å²) in [6, 6.07) is 16.8. The third-order valence-electron chi connectivity index (χ3n) is 8.79. The maximum atomic E-state index is 13.9. The van der Waals surface area contributed by atoms with E-state index in [2.05, 4.69) is 44.8 Å². The van der Waals surface area contributed by atoms with E-state index in [1.165, 1.54) is 21.1 Å². The lowest BCUT2D eigenvalue weighted by Crippen LogP contribution is -2.55. The molecule has 4 rings (SSSR count). The minimum Gasteiger partial charge on any atom is -0.444 e. The van der Waals surface area contributed by atoms with E-state index < -0.39 is 30.3 Å². The van der Waals surface area contributed by atoms with Gasteiger partial charge in [0, 0.05) is 44.7 Å². The number of hydrogen-bond acceptors (Lipinski definition) is 10. The van der Waals surface area contributed by atoms with Gasteiger partial charge in [-0.15, -0.1) is 22.7 Å². The summed E-state index contributed by atoms with van der Waals surface area (Å²) in [5.74, 6) is -0.315. The van der Waals surface area contributed by atoms with Crippen LogP contribution >= 0.6 is 22.7 Å². The van der Waals surface area contributed by atoms with E-state index in [4.69, 9.17) is 21.6 Å². The van der Waals surface area contributed by atoms with Gasteiger partial charge >= 0.3 is 12.1 Å². The number of rotatable bonds is 17. The average Bonchev–Trinajstić information content (AvgIpc) is 3.89. The molecule has 2 heterocycles. The summed E-state index contributed by atoms with van der Waals surface area (Å²) in [4.78, 5) is 55.9. The van der Waals surface area contributed by atoms with Gasteiger partial charge in [0.2, 0.25) is 11.9 Å². The van der Waals surface area contributed by atoms with E-state index in [1.807, 2.05) is 79.9 Å². The first-order valence-corrected chi connectivity index (χ1v) is 21.0. The average molecular weight is 850 g/mol. The molecule has 0 radical (unpaired) electrons. The van der Waals surface area contributed by atoms with Crippen LogP contribution in [0.3, 0.4) is 0 Å². The Morgan fingerprint density at radius 1 is 0.915 bits per heavy atom. The number of aliphatic hydroxyl groups excluding tert-OH is 1. The van der Waals surface area contributed by atoms with Crippen LogP contribution in [0.5, 0.6) is 0 Å². The number of amides is 4. The Kier molecular flexibility index (Phi) is 19.7. The van der Waals surface area contributed by atoms with Gasteiger partial charge in [0.05, 0.1) is 39.8 Å². The second-order valence-electron chi connectivity index (χ2n) is 14.8. The first-order valence-electron chi connectivity index (χ1n) is 19.2. The SMILES string of the molecule is CC(C)c1nc(CN(C)C(=O)N[C@H](C(=O)N[C@@H](Cc2ccccc2)C[C@H](O)[C@H](Cc2ccccc2)NC(=O)OCc2cncs2)C(C)C)cs1.CN(C)C(=N)N=C(N)N. The standard InChI is InChI=1S/C37H48N6O5S2.C4H11N5/c1-24(2)33(42-36(46)43(5)20-29-22-49-35(40-29)25(3)4)34(45)39-28(16-26-12-8-6-9-13-26)18-32(44)31(17-27-14-10-7-11-15-27)41-37(47)48-21-30-19-38-23-50-30;1-9(2)4(7)8-3(5)6/h6-15,19,22-25,28,31-33,44H,16-18,20-21H2,1-5H3,(H,39,45)(H,41,47)(H,42,46);1-2H3,(H5,5,6,7,8)/t28-,31-,32-,33-;/m0./s1. The molecule has 0 aliphatic heterocycles. The minimum absolute atomic E-state index is 0.0509. The number of hydrogen-bond donors (Lipinski definition) is 7. The zero-order chi connectivity index (χ0) is 43.5. The minimum atomic E-state index is -1.05. The van der Waals surface area contributed by atoms with Gasteiger partial charge < -0.3 is 47.1 Å². The summed E-state index contributed by atoms with van der Waals surface area (Å²) >= 11 is 2.95. The van der Waals surface area contributed by atoms with Crippen LogP contribution in [0.25, 0.3) is 0 Å². The van der Waals surface area contributed by atoms with Crippen molar-refractivity contribution in [3.63, 3.8) is 0 Å². The zero-order valence-corrected chi connectivity index (χ0v) is 36.4. The van der Waals surface area contributed by atoms with Crippen LogP contribution in [0.4, 0.5) is 9.59 Å². The van der Waals surface area contributed by atoms with Crippen molar-refractivity contribution in [2.75, 3.05) is 21.1 Å². The molecule has 2 aromatic carbocycles. The van der Waals surface area contributed by atoms with Crippen molar-refractivity contribution in [3.8, 4) is 0 Å². The van der Waals surface area contributed by atoms with Crippen molar-refractivity contribution < 1.29 is 24.2 Å². The molecule has 0 saturated heterocycles. The molecular weight excluding hydrogens is 791 g/mol. The number of benzene rings is 2. The molecule has 4 amide bonds. The number of nitrogens with two attached hydrogens (primary N) is 2. The number of alkyl carbamates (subject to hydrolysis) is 1. The van der Waals surface area contributed by atoms with E-state index >= 15 is 0 Å². The van der Waals surface area contributed by atoms with Crippen LogP contribution in [0.15, 0.2) is 82.7 Å². The largest absolute Gasteiger partial charge is 0.444 e. The number of nitrogens with zero attached hydrogens (tertiary/aromatic N) is 5. The summed E-state index contributed by atoms with van der Waals surface area (Å²) in [6.45, 7) is 8.28. The fourth-order valence-corrected chi connectivity index (χ4v) is 6.94. The summed E-state index contributed by atoms with van der Waals surface area (Å²) in [6.07, 6.45) is 0.836. The number of aliphatic hydroxyl groups is 1. The van der Waals surface area contributed by atoms with Crippen LogP contribution in [0, 0.1) is 11.3 Å². The lowest BCUT2D eigenvalue weighted by atomic mass is 9.93. The first-order chi connectivity index (χ1) is 28.0. The monoisotopic (exact) mass is 849 g/mol. The van der Waals surface area contributed by atoms with Gasteiger partial charge in [0.1, 0.15) is 12.6 Å². The molecule has 0 fully saturated rings.